The Balaban J connectivity index is 1.89. The highest BCUT2D eigenvalue weighted by molar-refractivity contribution is 5.19. The van der Waals surface area contributed by atoms with E-state index in [2.05, 4.69) is 15.5 Å². The summed E-state index contributed by atoms with van der Waals surface area (Å²) < 4.78 is 10.5. The number of hydrogen-bond acceptors (Lipinski definition) is 5. The smallest absolute Gasteiger partial charge is 0.315 e. The first-order chi connectivity index (χ1) is 6.34. The Morgan fingerprint density at radius 3 is 3.00 bits per heavy atom. The van der Waals surface area contributed by atoms with Crippen LogP contribution in [0.5, 0.6) is 0 Å². The Labute approximate surface area is 76.5 Å². The molecule has 5 heteroatoms. The maximum Gasteiger partial charge on any atom is 0.315 e. The summed E-state index contributed by atoms with van der Waals surface area (Å²) in [7, 11) is 0. The third kappa shape index (κ3) is 2.18. The highest BCUT2D eigenvalue weighted by Gasteiger charge is 2.15. The fraction of sp³-hybridized carbons (Fsp3) is 0.750. The van der Waals surface area contributed by atoms with Crippen LogP contribution in [0.15, 0.2) is 4.42 Å². The van der Waals surface area contributed by atoms with Gasteiger partial charge in [-0.3, -0.25) is 0 Å². The standard InChI is InChI=1S/C8H13N3O2/c1-6-10-11-8(13-6)9-7-3-2-4-12-5-7/h7H,2-5H2,1H3,(H,9,11). The molecule has 1 saturated heterocycles. The molecule has 2 heterocycles. The minimum atomic E-state index is 0.314. The van der Waals surface area contributed by atoms with Gasteiger partial charge in [0.25, 0.3) is 0 Å². The van der Waals surface area contributed by atoms with Gasteiger partial charge < -0.3 is 14.5 Å². The molecule has 0 amide bonds. The molecule has 0 radical (unpaired) electrons. The molecule has 1 aliphatic rings. The predicted octanol–water partition coefficient (Wildman–Crippen LogP) is 0.969. The van der Waals surface area contributed by atoms with Gasteiger partial charge in [-0.2, -0.15) is 0 Å². The van der Waals surface area contributed by atoms with E-state index in [1.807, 2.05) is 0 Å². The number of aryl methyl sites for hydroxylation is 1. The molecule has 5 nitrogen and oxygen atoms in total. The number of nitrogens with zero attached hydrogens (tertiary/aromatic N) is 2. The Kier molecular flexibility index (Phi) is 2.44. The van der Waals surface area contributed by atoms with E-state index < -0.39 is 0 Å². The van der Waals surface area contributed by atoms with E-state index in [-0.39, 0.29) is 0 Å². The maximum atomic E-state index is 5.31. The molecule has 0 spiro atoms. The highest BCUT2D eigenvalue weighted by atomic mass is 16.5. The molecule has 2 rings (SSSR count). The SMILES string of the molecule is Cc1nnc(NC2CCCOC2)o1. The van der Waals surface area contributed by atoms with Crippen LogP contribution in [-0.4, -0.2) is 29.5 Å². The van der Waals surface area contributed by atoms with Gasteiger partial charge in [0.1, 0.15) is 0 Å². The summed E-state index contributed by atoms with van der Waals surface area (Å²) in [5.41, 5.74) is 0. The molecule has 1 atom stereocenters. The normalized spacial score (nSPS) is 23.0. The lowest BCUT2D eigenvalue weighted by atomic mass is 10.1. The first kappa shape index (κ1) is 8.50. The van der Waals surface area contributed by atoms with Crippen molar-refractivity contribution in [1.82, 2.24) is 10.2 Å². The van der Waals surface area contributed by atoms with Gasteiger partial charge in [0.2, 0.25) is 5.89 Å². The fourth-order valence-corrected chi connectivity index (χ4v) is 1.38. The van der Waals surface area contributed by atoms with Crippen LogP contribution in [-0.2, 0) is 4.74 Å². The number of anilines is 1. The molecular weight excluding hydrogens is 170 g/mol. The Morgan fingerprint density at radius 1 is 1.46 bits per heavy atom. The number of ether oxygens (including phenoxy) is 1. The monoisotopic (exact) mass is 183 g/mol. The summed E-state index contributed by atoms with van der Waals surface area (Å²) in [5.74, 6) is 0.583. The van der Waals surface area contributed by atoms with Gasteiger partial charge in [0.15, 0.2) is 0 Å². The first-order valence-corrected chi connectivity index (χ1v) is 4.49. The van der Waals surface area contributed by atoms with Crippen LogP contribution in [0.3, 0.4) is 0 Å². The highest BCUT2D eigenvalue weighted by Crippen LogP contribution is 2.12. The van der Waals surface area contributed by atoms with Gasteiger partial charge in [-0.1, -0.05) is 5.10 Å². The molecule has 1 aliphatic heterocycles. The molecule has 0 aromatic carbocycles. The molecule has 72 valence electrons. The zero-order valence-electron chi connectivity index (χ0n) is 7.62. The zero-order valence-corrected chi connectivity index (χ0v) is 7.62. The average Bonchev–Trinajstić information content (AvgIpc) is 2.53. The number of rotatable bonds is 2. The van der Waals surface area contributed by atoms with Crippen LogP contribution in [0.4, 0.5) is 6.01 Å². The maximum absolute atomic E-state index is 5.31. The topological polar surface area (TPSA) is 60.2 Å². The average molecular weight is 183 g/mol. The molecule has 0 saturated carbocycles. The van der Waals surface area contributed by atoms with Gasteiger partial charge in [-0.25, -0.2) is 0 Å². The van der Waals surface area contributed by atoms with Gasteiger partial charge in [-0.05, 0) is 12.8 Å². The third-order valence-corrected chi connectivity index (χ3v) is 2.01. The molecule has 1 N–H and O–H groups in total. The van der Waals surface area contributed by atoms with E-state index in [0.29, 0.717) is 17.9 Å². The lowest BCUT2D eigenvalue weighted by Crippen LogP contribution is -2.30. The van der Waals surface area contributed by atoms with E-state index in [9.17, 15) is 0 Å². The van der Waals surface area contributed by atoms with Crippen LogP contribution < -0.4 is 5.32 Å². The van der Waals surface area contributed by atoms with Crippen molar-refractivity contribution in [2.75, 3.05) is 18.5 Å². The van der Waals surface area contributed by atoms with Crippen molar-refractivity contribution in [3.05, 3.63) is 5.89 Å². The van der Waals surface area contributed by atoms with E-state index in [1.54, 1.807) is 6.92 Å². The van der Waals surface area contributed by atoms with Gasteiger partial charge >= 0.3 is 6.01 Å². The summed E-state index contributed by atoms with van der Waals surface area (Å²) >= 11 is 0. The van der Waals surface area contributed by atoms with E-state index in [0.717, 1.165) is 26.1 Å². The minimum absolute atomic E-state index is 0.314. The quantitative estimate of drug-likeness (QED) is 0.740. The zero-order chi connectivity index (χ0) is 9.10. The van der Waals surface area contributed by atoms with Crippen LogP contribution in [0.2, 0.25) is 0 Å². The summed E-state index contributed by atoms with van der Waals surface area (Å²) in [4.78, 5) is 0. The molecule has 1 aromatic heterocycles. The molecule has 13 heavy (non-hydrogen) atoms. The second-order valence-electron chi connectivity index (χ2n) is 3.18. The number of hydrogen-bond donors (Lipinski definition) is 1. The lowest BCUT2D eigenvalue weighted by Gasteiger charge is -2.21. The molecule has 1 fully saturated rings. The minimum Gasteiger partial charge on any atom is -0.408 e. The Bertz CT molecular complexity index is 268. The van der Waals surface area contributed by atoms with Crippen molar-refractivity contribution in [3.8, 4) is 0 Å². The fourth-order valence-electron chi connectivity index (χ4n) is 1.38. The number of nitrogens with one attached hydrogen (secondary N) is 1. The predicted molar refractivity (Wildman–Crippen MR) is 46.5 cm³/mol. The second-order valence-corrected chi connectivity index (χ2v) is 3.18. The van der Waals surface area contributed by atoms with Gasteiger partial charge in [0.05, 0.1) is 12.6 Å². The van der Waals surface area contributed by atoms with E-state index in [4.69, 9.17) is 9.15 Å². The molecule has 1 unspecified atom stereocenters. The molecule has 0 aliphatic carbocycles. The molecule has 1 aromatic rings. The third-order valence-electron chi connectivity index (χ3n) is 2.01. The lowest BCUT2D eigenvalue weighted by molar-refractivity contribution is 0.0869. The largest absolute Gasteiger partial charge is 0.408 e. The summed E-state index contributed by atoms with van der Waals surface area (Å²) in [5, 5.41) is 10.7. The Morgan fingerprint density at radius 2 is 2.38 bits per heavy atom. The molecular formula is C8H13N3O2. The van der Waals surface area contributed by atoms with Crippen molar-refractivity contribution >= 4 is 6.01 Å². The van der Waals surface area contributed by atoms with Crippen LogP contribution in [0, 0.1) is 6.92 Å². The van der Waals surface area contributed by atoms with Crippen LogP contribution >= 0.6 is 0 Å². The van der Waals surface area contributed by atoms with E-state index in [1.165, 1.54) is 0 Å². The van der Waals surface area contributed by atoms with Crippen molar-refractivity contribution in [1.29, 1.82) is 0 Å². The van der Waals surface area contributed by atoms with Gasteiger partial charge in [0, 0.05) is 13.5 Å². The summed E-state index contributed by atoms with van der Waals surface area (Å²) in [6, 6.07) is 0.807. The van der Waals surface area contributed by atoms with Crippen LogP contribution in [0.25, 0.3) is 0 Å². The summed E-state index contributed by atoms with van der Waals surface area (Å²) in [6.07, 6.45) is 2.19. The second kappa shape index (κ2) is 3.74. The van der Waals surface area contributed by atoms with Crippen molar-refractivity contribution in [3.63, 3.8) is 0 Å². The van der Waals surface area contributed by atoms with Gasteiger partial charge in [-0.15, -0.1) is 5.10 Å². The first-order valence-electron chi connectivity index (χ1n) is 4.49. The van der Waals surface area contributed by atoms with E-state index >= 15 is 0 Å². The van der Waals surface area contributed by atoms with Crippen molar-refractivity contribution < 1.29 is 9.15 Å². The van der Waals surface area contributed by atoms with Crippen molar-refractivity contribution in [2.45, 2.75) is 25.8 Å². The van der Waals surface area contributed by atoms with Crippen molar-refractivity contribution in [2.24, 2.45) is 0 Å². The number of aromatic nitrogens is 2. The molecule has 0 bridgehead atoms. The van der Waals surface area contributed by atoms with Crippen LogP contribution in [0.1, 0.15) is 18.7 Å². The summed E-state index contributed by atoms with van der Waals surface area (Å²) in [6.45, 7) is 3.36. The Hall–Kier alpha value is -1.10.